The van der Waals surface area contributed by atoms with Crippen LogP contribution in [-0.4, -0.2) is 37.6 Å². The highest BCUT2D eigenvalue weighted by Crippen LogP contribution is 2.30. The van der Waals surface area contributed by atoms with E-state index in [-0.39, 0.29) is 23.3 Å². The molecule has 0 saturated heterocycles. The van der Waals surface area contributed by atoms with Crippen molar-refractivity contribution in [2.75, 3.05) is 23.3 Å². The Morgan fingerprint density at radius 3 is 2.31 bits per heavy atom. The molecule has 8 heteroatoms. The number of sulfonamides is 1. The maximum Gasteiger partial charge on any atom is 0.258 e. The van der Waals surface area contributed by atoms with E-state index in [0.29, 0.717) is 36.4 Å². The van der Waals surface area contributed by atoms with Gasteiger partial charge in [-0.3, -0.25) is 14.5 Å². The summed E-state index contributed by atoms with van der Waals surface area (Å²) in [5.41, 5.74) is 3.68. The second-order valence-electron chi connectivity index (χ2n) is 7.84. The summed E-state index contributed by atoms with van der Waals surface area (Å²) in [6.45, 7) is 0.654. The first-order chi connectivity index (χ1) is 15.4. The molecule has 2 aliphatic heterocycles. The molecule has 7 nitrogen and oxygen atoms in total. The molecule has 0 unspecified atom stereocenters. The average Bonchev–Trinajstić information content (AvgIpc) is 2.82. The van der Waals surface area contributed by atoms with Crippen LogP contribution in [0.3, 0.4) is 0 Å². The largest absolute Gasteiger partial charge is 0.323 e. The Kier molecular flexibility index (Phi) is 5.03. The van der Waals surface area contributed by atoms with Crippen molar-refractivity contribution < 1.29 is 18.0 Å². The van der Waals surface area contributed by atoms with E-state index in [1.165, 1.54) is 39.0 Å². The number of para-hydroxylation sites is 2. The van der Waals surface area contributed by atoms with Gasteiger partial charge in [-0.25, -0.2) is 8.42 Å². The molecule has 2 heterocycles. The molecule has 0 aromatic heterocycles. The van der Waals surface area contributed by atoms with Crippen molar-refractivity contribution in [2.24, 2.45) is 0 Å². The Hall–Kier alpha value is -3.49. The van der Waals surface area contributed by atoms with Gasteiger partial charge in [0.05, 0.1) is 16.3 Å². The van der Waals surface area contributed by atoms with Crippen LogP contribution >= 0.6 is 0 Å². The van der Waals surface area contributed by atoms with Gasteiger partial charge in [0.1, 0.15) is 6.54 Å². The number of rotatable bonds is 3. The highest BCUT2D eigenvalue weighted by molar-refractivity contribution is 7.89. The zero-order chi connectivity index (χ0) is 22.3. The van der Waals surface area contributed by atoms with Crippen molar-refractivity contribution in [1.29, 1.82) is 0 Å². The fourth-order valence-electron chi connectivity index (χ4n) is 4.16. The van der Waals surface area contributed by atoms with Crippen LogP contribution in [0.4, 0.5) is 11.4 Å². The molecule has 0 spiro atoms. The highest BCUT2D eigenvalue weighted by Gasteiger charge is 2.30. The Balaban J connectivity index is 1.39. The number of hydrogen-bond acceptors (Lipinski definition) is 4. The van der Waals surface area contributed by atoms with Crippen molar-refractivity contribution in [3.63, 3.8) is 0 Å². The Labute approximate surface area is 186 Å². The summed E-state index contributed by atoms with van der Waals surface area (Å²) in [5, 5.41) is 2.75. The minimum Gasteiger partial charge on any atom is -0.323 e. The third-order valence-corrected chi connectivity index (χ3v) is 7.71. The van der Waals surface area contributed by atoms with E-state index < -0.39 is 10.0 Å². The van der Waals surface area contributed by atoms with Gasteiger partial charge in [-0.15, -0.1) is 0 Å². The summed E-state index contributed by atoms with van der Waals surface area (Å²) in [6.07, 6.45) is 0.669. The molecule has 0 aliphatic carbocycles. The van der Waals surface area contributed by atoms with Gasteiger partial charge in [0.15, 0.2) is 0 Å². The minimum atomic E-state index is -3.69. The van der Waals surface area contributed by atoms with E-state index in [9.17, 15) is 18.0 Å². The van der Waals surface area contributed by atoms with Crippen molar-refractivity contribution in [1.82, 2.24) is 4.31 Å². The van der Waals surface area contributed by atoms with Crippen LogP contribution in [0.15, 0.2) is 77.7 Å². The molecule has 0 fully saturated rings. The van der Waals surface area contributed by atoms with Gasteiger partial charge in [-0.05, 0) is 53.9 Å². The third kappa shape index (κ3) is 3.57. The molecule has 162 valence electrons. The first-order valence-corrected chi connectivity index (χ1v) is 11.8. The Morgan fingerprint density at radius 2 is 1.53 bits per heavy atom. The van der Waals surface area contributed by atoms with Crippen LogP contribution in [0.2, 0.25) is 0 Å². The molecule has 3 aromatic rings. The van der Waals surface area contributed by atoms with Crippen LogP contribution in [0.1, 0.15) is 21.5 Å². The summed E-state index contributed by atoms with van der Waals surface area (Å²) in [7, 11) is -3.69. The zero-order valence-electron chi connectivity index (χ0n) is 17.2. The average molecular weight is 448 g/mol. The number of carbonyl (C=O) groups excluding carboxylic acids is 2. The SMILES string of the molecule is O=C1CN(C(=O)c2ccc(S(=O)(=O)N3CCc4ccccc4C3)cc2)c2ccccc2N1. The van der Waals surface area contributed by atoms with Gasteiger partial charge in [-0.1, -0.05) is 36.4 Å². The molecule has 0 radical (unpaired) electrons. The van der Waals surface area contributed by atoms with Crippen LogP contribution in [0.25, 0.3) is 0 Å². The van der Waals surface area contributed by atoms with Crippen molar-refractivity contribution in [2.45, 2.75) is 17.9 Å². The van der Waals surface area contributed by atoms with Crippen molar-refractivity contribution in [3.8, 4) is 0 Å². The number of amides is 2. The van der Waals surface area contributed by atoms with Gasteiger partial charge in [0, 0.05) is 18.7 Å². The van der Waals surface area contributed by atoms with E-state index in [2.05, 4.69) is 5.32 Å². The summed E-state index contributed by atoms with van der Waals surface area (Å²) in [4.78, 5) is 26.7. The summed E-state index contributed by atoms with van der Waals surface area (Å²) in [6, 6.07) is 20.8. The standard InChI is InChI=1S/C24H21N3O4S/c28-23-16-27(22-8-4-3-7-21(22)25-23)24(29)18-9-11-20(12-10-18)32(30,31)26-14-13-17-5-1-2-6-19(17)15-26/h1-12H,13-16H2,(H,25,28). The first-order valence-electron chi connectivity index (χ1n) is 10.3. The Bertz CT molecular complexity index is 1320. The molecule has 0 atom stereocenters. The molecular formula is C24H21N3O4S. The van der Waals surface area contributed by atoms with Gasteiger partial charge < -0.3 is 5.32 Å². The number of hydrogen-bond donors (Lipinski definition) is 1. The summed E-state index contributed by atoms with van der Waals surface area (Å²) >= 11 is 0. The van der Waals surface area contributed by atoms with Crippen molar-refractivity contribution >= 4 is 33.2 Å². The molecule has 3 aromatic carbocycles. The van der Waals surface area contributed by atoms with E-state index in [1.807, 2.05) is 24.3 Å². The maximum atomic E-state index is 13.2. The lowest BCUT2D eigenvalue weighted by Crippen LogP contribution is -2.42. The second kappa shape index (κ2) is 7.89. The van der Waals surface area contributed by atoms with Gasteiger partial charge in [0.25, 0.3) is 5.91 Å². The topological polar surface area (TPSA) is 86.8 Å². The molecule has 2 aliphatic rings. The molecule has 1 N–H and O–H groups in total. The van der Waals surface area contributed by atoms with Gasteiger partial charge in [-0.2, -0.15) is 4.31 Å². The molecule has 5 rings (SSSR count). The predicted octanol–water partition coefficient (Wildman–Crippen LogP) is 3.03. The van der Waals surface area contributed by atoms with E-state index >= 15 is 0 Å². The Morgan fingerprint density at radius 1 is 0.844 bits per heavy atom. The molecule has 0 saturated carbocycles. The molecular weight excluding hydrogens is 426 g/mol. The first kappa shape index (κ1) is 20.4. The third-order valence-electron chi connectivity index (χ3n) is 5.85. The predicted molar refractivity (Wildman–Crippen MR) is 121 cm³/mol. The molecule has 2 amide bonds. The fourth-order valence-corrected chi connectivity index (χ4v) is 5.58. The minimum absolute atomic E-state index is 0.0942. The van der Waals surface area contributed by atoms with Gasteiger partial charge in [0.2, 0.25) is 15.9 Å². The summed E-state index contributed by atoms with van der Waals surface area (Å²) < 4.78 is 27.8. The maximum absolute atomic E-state index is 13.2. The lowest BCUT2D eigenvalue weighted by atomic mass is 10.0. The number of anilines is 2. The van der Waals surface area contributed by atoms with Crippen LogP contribution in [0.5, 0.6) is 0 Å². The lowest BCUT2D eigenvalue weighted by Gasteiger charge is -2.29. The van der Waals surface area contributed by atoms with Crippen LogP contribution in [0, 0.1) is 0 Å². The lowest BCUT2D eigenvalue weighted by molar-refractivity contribution is -0.115. The second-order valence-corrected chi connectivity index (χ2v) is 9.78. The number of nitrogens with zero attached hydrogens (tertiary/aromatic N) is 2. The smallest absolute Gasteiger partial charge is 0.258 e. The number of carbonyl (C=O) groups is 2. The highest BCUT2D eigenvalue weighted by atomic mass is 32.2. The van der Waals surface area contributed by atoms with Crippen LogP contribution in [-0.2, 0) is 27.8 Å². The quantitative estimate of drug-likeness (QED) is 0.669. The molecule has 32 heavy (non-hydrogen) atoms. The van der Waals surface area contributed by atoms with Gasteiger partial charge >= 0.3 is 0 Å². The number of benzene rings is 3. The van der Waals surface area contributed by atoms with E-state index in [1.54, 1.807) is 24.3 Å². The summed E-state index contributed by atoms with van der Waals surface area (Å²) in [5.74, 6) is -0.634. The number of nitrogens with one attached hydrogen (secondary N) is 1. The fraction of sp³-hybridized carbons (Fsp3) is 0.167. The van der Waals surface area contributed by atoms with Crippen LogP contribution < -0.4 is 10.2 Å². The normalized spacial score (nSPS) is 16.1. The van der Waals surface area contributed by atoms with E-state index in [4.69, 9.17) is 0 Å². The van der Waals surface area contributed by atoms with E-state index in [0.717, 1.165) is 5.56 Å². The monoisotopic (exact) mass is 447 g/mol. The number of fused-ring (bicyclic) bond motifs is 2. The zero-order valence-corrected chi connectivity index (χ0v) is 18.0. The van der Waals surface area contributed by atoms with Crippen molar-refractivity contribution in [3.05, 3.63) is 89.5 Å². The molecule has 0 bridgehead atoms.